The summed E-state index contributed by atoms with van der Waals surface area (Å²) in [6.07, 6.45) is -0.805. The van der Waals surface area contributed by atoms with Gasteiger partial charge in [-0.15, -0.1) is 0 Å². The summed E-state index contributed by atoms with van der Waals surface area (Å²) in [6, 6.07) is 12.0. The van der Waals surface area contributed by atoms with Gasteiger partial charge in [0, 0.05) is 26.2 Å². The van der Waals surface area contributed by atoms with E-state index in [1.807, 2.05) is 6.07 Å². The van der Waals surface area contributed by atoms with Crippen LogP contribution in [0.25, 0.3) is 0 Å². The molecule has 35 heavy (non-hydrogen) atoms. The van der Waals surface area contributed by atoms with Crippen molar-refractivity contribution in [3.8, 4) is 0 Å². The normalized spacial score (nSPS) is 15.9. The third-order valence-corrected chi connectivity index (χ3v) is 6.22. The van der Waals surface area contributed by atoms with Crippen molar-refractivity contribution >= 4 is 11.7 Å². The van der Waals surface area contributed by atoms with Crippen LogP contribution in [-0.4, -0.2) is 41.4 Å². The van der Waals surface area contributed by atoms with E-state index in [2.05, 4.69) is 9.97 Å². The van der Waals surface area contributed by atoms with Gasteiger partial charge >= 0.3 is 6.18 Å². The Morgan fingerprint density at radius 2 is 1.83 bits per heavy atom. The lowest BCUT2D eigenvalue weighted by Crippen LogP contribution is -2.25. The molecule has 1 atom stereocenters. The van der Waals surface area contributed by atoms with Crippen molar-refractivity contribution in [3.63, 3.8) is 0 Å². The highest BCUT2D eigenvalue weighted by Crippen LogP contribution is 2.38. The van der Waals surface area contributed by atoms with Crippen molar-refractivity contribution in [2.24, 2.45) is 0 Å². The second kappa shape index (κ2) is 10.0. The minimum atomic E-state index is -4.40. The lowest BCUT2D eigenvalue weighted by Gasteiger charge is -2.27. The van der Waals surface area contributed by atoms with E-state index < -0.39 is 17.6 Å². The van der Waals surface area contributed by atoms with Crippen LogP contribution in [-0.2, 0) is 19.0 Å². The molecule has 0 spiro atoms. The van der Waals surface area contributed by atoms with Gasteiger partial charge in [-0.05, 0) is 61.1 Å². The molecule has 0 N–H and O–H groups in total. The Hall–Kier alpha value is -3.49. The van der Waals surface area contributed by atoms with Crippen LogP contribution in [0.1, 0.15) is 51.6 Å². The van der Waals surface area contributed by atoms with Crippen molar-refractivity contribution in [2.75, 3.05) is 25.5 Å². The summed E-state index contributed by atoms with van der Waals surface area (Å²) in [6.45, 7) is 0.549. The predicted octanol–water partition coefficient (Wildman–Crippen LogP) is 5.46. The van der Waals surface area contributed by atoms with Gasteiger partial charge in [0.25, 0.3) is 5.91 Å². The van der Waals surface area contributed by atoms with Gasteiger partial charge in [-0.25, -0.2) is 14.4 Å². The fraction of sp³-hybridized carbons (Fsp3) is 0.346. The number of aryl methyl sites for hydroxylation is 2. The van der Waals surface area contributed by atoms with Gasteiger partial charge in [0.2, 0.25) is 0 Å². The quantitative estimate of drug-likeness (QED) is 0.434. The maximum atomic E-state index is 15.5. The van der Waals surface area contributed by atoms with Crippen LogP contribution < -0.4 is 4.90 Å². The van der Waals surface area contributed by atoms with E-state index in [4.69, 9.17) is 0 Å². The van der Waals surface area contributed by atoms with Crippen LogP contribution in [0.4, 0.5) is 23.4 Å². The fourth-order valence-corrected chi connectivity index (χ4v) is 4.41. The topological polar surface area (TPSA) is 49.3 Å². The van der Waals surface area contributed by atoms with Crippen LogP contribution in [0.3, 0.4) is 0 Å². The van der Waals surface area contributed by atoms with Crippen LogP contribution in [0.2, 0.25) is 0 Å². The molecule has 2 aromatic carbocycles. The minimum absolute atomic E-state index is 0.106. The monoisotopic (exact) mass is 486 g/mol. The van der Waals surface area contributed by atoms with E-state index in [-0.39, 0.29) is 23.5 Å². The zero-order valence-corrected chi connectivity index (χ0v) is 19.5. The first-order valence-electron chi connectivity index (χ1n) is 11.4. The van der Waals surface area contributed by atoms with Crippen molar-refractivity contribution in [1.82, 2.24) is 14.9 Å². The second-order valence-electron chi connectivity index (χ2n) is 8.83. The number of nitrogens with zero attached hydrogens (tertiary/aromatic N) is 4. The molecule has 1 unspecified atom stereocenters. The maximum Gasteiger partial charge on any atom is 0.416 e. The summed E-state index contributed by atoms with van der Waals surface area (Å²) in [5.41, 5.74) is 1.70. The summed E-state index contributed by atoms with van der Waals surface area (Å²) in [5, 5.41) is 0. The Balaban J connectivity index is 1.52. The predicted molar refractivity (Wildman–Crippen MR) is 125 cm³/mol. The number of halogens is 4. The van der Waals surface area contributed by atoms with E-state index in [0.717, 1.165) is 24.1 Å². The molecule has 1 amide bonds. The number of hydrogen-bond acceptors (Lipinski definition) is 4. The third kappa shape index (κ3) is 5.44. The average molecular weight is 487 g/mol. The number of hydrogen-bond donors (Lipinski definition) is 0. The number of carbonyl (C=O) groups excluding carboxylic acids is 1. The van der Waals surface area contributed by atoms with E-state index in [0.29, 0.717) is 36.9 Å². The number of rotatable bonds is 6. The highest BCUT2D eigenvalue weighted by Gasteiger charge is 2.33. The molecule has 4 rings (SSSR count). The van der Waals surface area contributed by atoms with Crippen LogP contribution in [0.5, 0.6) is 0 Å². The second-order valence-corrected chi connectivity index (χ2v) is 8.83. The molecular weight excluding hydrogens is 460 g/mol. The summed E-state index contributed by atoms with van der Waals surface area (Å²) in [5.74, 6) is -0.466. The third-order valence-electron chi connectivity index (χ3n) is 6.22. The molecule has 0 aliphatic carbocycles. The largest absolute Gasteiger partial charge is 0.416 e. The number of benzene rings is 2. The zero-order chi connectivity index (χ0) is 25.2. The standard InChI is InChI=1S/C26H26F4N4O/c1-33(2)25(35)19-6-3-5-17(15-19)8-13-21-23(27)24(32-16-31-21)34-14-4-7-22(34)18-9-11-20(12-10-18)26(28,29)30/h3,5-6,9-12,15-16,22H,4,7-8,13-14H2,1-2H3. The smallest absolute Gasteiger partial charge is 0.347 e. The summed E-state index contributed by atoms with van der Waals surface area (Å²) in [7, 11) is 3.37. The number of carbonyl (C=O) groups is 1. The highest BCUT2D eigenvalue weighted by molar-refractivity contribution is 5.94. The SMILES string of the molecule is CN(C)C(=O)c1cccc(CCc2ncnc(N3CCCC3c3ccc(C(F)(F)F)cc3)c2F)c1. The van der Waals surface area contributed by atoms with Gasteiger partial charge < -0.3 is 9.80 Å². The first kappa shape index (κ1) is 24.6. The highest BCUT2D eigenvalue weighted by atomic mass is 19.4. The lowest BCUT2D eigenvalue weighted by molar-refractivity contribution is -0.137. The molecule has 1 aliphatic rings. The van der Waals surface area contributed by atoms with E-state index in [1.54, 1.807) is 37.2 Å². The molecule has 1 saturated heterocycles. The Kier molecular flexibility index (Phi) is 7.05. The fourth-order valence-electron chi connectivity index (χ4n) is 4.41. The van der Waals surface area contributed by atoms with Crippen LogP contribution in [0, 0.1) is 5.82 Å². The van der Waals surface area contributed by atoms with Crippen LogP contribution in [0.15, 0.2) is 54.9 Å². The molecule has 1 aromatic heterocycles. The number of amides is 1. The molecular formula is C26H26F4N4O. The van der Waals surface area contributed by atoms with E-state index in [1.165, 1.54) is 23.4 Å². The Bertz CT molecular complexity index is 1190. The van der Waals surface area contributed by atoms with Gasteiger partial charge in [-0.1, -0.05) is 24.3 Å². The lowest BCUT2D eigenvalue weighted by atomic mass is 10.0. The number of alkyl halides is 3. The molecule has 0 saturated carbocycles. The Labute approximate surface area is 201 Å². The first-order valence-corrected chi connectivity index (χ1v) is 11.4. The van der Waals surface area contributed by atoms with Crippen molar-refractivity contribution in [3.05, 3.63) is 88.6 Å². The van der Waals surface area contributed by atoms with E-state index >= 15 is 4.39 Å². The molecule has 1 fully saturated rings. The Morgan fingerprint density at radius 1 is 1.09 bits per heavy atom. The van der Waals surface area contributed by atoms with Crippen LogP contribution >= 0.6 is 0 Å². The van der Waals surface area contributed by atoms with Gasteiger partial charge in [-0.3, -0.25) is 4.79 Å². The average Bonchev–Trinajstić information content (AvgIpc) is 3.32. The van der Waals surface area contributed by atoms with Gasteiger partial charge in [0.1, 0.15) is 6.33 Å². The van der Waals surface area contributed by atoms with Crippen molar-refractivity contribution in [2.45, 2.75) is 37.9 Å². The van der Waals surface area contributed by atoms with Crippen molar-refractivity contribution < 1.29 is 22.4 Å². The van der Waals surface area contributed by atoms with Gasteiger partial charge in [-0.2, -0.15) is 13.2 Å². The molecule has 2 heterocycles. The minimum Gasteiger partial charge on any atom is -0.347 e. The number of aromatic nitrogens is 2. The molecule has 184 valence electrons. The molecule has 3 aromatic rings. The van der Waals surface area contributed by atoms with Gasteiger partial charge in [0.15, 0.2) is 11.6 Å². The Morgan fingerprint density at radius 3 is 2.51 bits per heavy atom. The molecule has 0 radical (unpaired) electrons. The molecule has 9 heteroatoms. The van der Waals surface area contributed by atoms with E-state index in [9.17, 15) is 18.0 Å². The van der Waals surface area contributed by atoms with Crippen molar-refractivity contribution in [1.29, 1.82) is 0 Å². The maximum absolute atomic E-state index is 15.5. The first-order chi connectivity index (χ1) is 16.6. The molecule has 1 aliphatic heterocycles. The molecule has 5 nitrogen and oxygen atoms in total. The number of anilines is 1. The molecule has 0 bridgehead atoms. The summed E-state index contributed by atoms with van der Waals surface area (Å²) >= 11 is 0. The van der Waals surface area contributed by atoms with Gasteiger partial charge in [0.05, 0.1) is 17.3 Å². The zero-order valence-electron chi connectivity index (χ0n) is 19.5. The summed E-state index contributed by atoms with van der Waals surface area (Å²) in [4.78, 5) is 23.8. The summed E-state index contributed by atoms with van der Waals surface area (Å²) < 4.78 is 54.3.